The van der Waals surface area contributed by atoms with Crippen LogP contribution in [0.5, 0.6) is 0 Å². The number of anilines is 1. The van der Waals surface area contributed by atoms with E-state index in [1.165, 1.54) is 5.56 Å². The molecular weight excluding hydrogens is 188 g/mol. The molecule has 0 N–H and O–H groups in total. The zero-order valence-electron chi connectivity index (χ0n) is 9.03. The number of carbonyl (C=O) groups is 1. The van der Waals surface area contributed by atoms with E-state index in [1.54, 1.807) is 11.9 Å². The second-order valence-electron chi connectivity index (χ2n) is 3.69. The Hall–Kier alpha value is -1.64. The maximum absolute atomic E-state index is 11.3. The molecule has 0 aromatic heterocycles. The van der Waals surface area contributed by atoms with Gasteiger partial charge in [0.05, 0.1) is 5.69 Å². The molecule has 1 aliphatic heterocycles. The van der Waals surface area contributed by atoms with Gasteiger partial charge in [0.15, 0.2) is 5.78 Å². The molecular formula is C12H14N2O. The second-order valence-corrected chi connectivity index (χ2v) is 3.69. The molecule has 2 rings (SSSR count). The number of hydrogen-bond acceptors (Lipinski definition) is 3. The van der Waals surface area contributed by atoms with E-state index in [0.29, 0.717) is 12.3 Å². The van der Waals surface area contributed by atoms with Crippen LogP contribution in [0.15, 0.2) is 29.4 Å². The fourth-order valence-electron chi connectivity index (χ4n) is 1.58. The average Bonchev–Trinajstić information content (AvgIpc) is 2.59. The van der Waals surface area contributed by atoms with E-state index in [0.717, 1.165) is 12.1 Å². The molecule has 0 saturated carbocycles. The van der Waals surface area contributed by atoms with Crippen molar-refractivity contribution in [2.75, 3.05) is 11.6 Å². The Labute approximate surface area is 89.4 Å². The van der Waals surface area contributed by atoms with E-state index in [2.05, 4.69) is 24.2 Å². The molecule has 0 fully saturated rings. The van der Waals surface area contributed by atoms with Gasteiger partial charge in [-0.3, -0.25) is 9.80 Å². The molecule has 3 heteroatoms. The lowest BCUT2D eigenvalue weighted by Crippen LogP contribution is -2.17. The maximum Gasteiger partial charge on any atom is 0.199 e. The first-order chi connectivity index (χ1) is 7.20. The van der Waals surface area contributed by atoms with Crippen molar-refractivity contribution in [1.29, 1.82) is 0 Å². The second kappa shape index (κ2) is 3.85. The van der Waals surface area contributed by atoms with Crippen LogP contribution < -0.4 is 5.01 Å². The van der Waals surface area contributed by atoms with E-state index >= 15 is 0 Å². The van der Waals surface area contributed by atoms with Crippen LogP contribution in [0.4, 0.5) is 5.69 Å². The quantitative estimate of drug-likeness (QED) is 0.735. The minimum absolute atomic E-state index is 0.106. The minimum Gasteiger partial charge on any atom is -0.291 e. The van der Waals surface area contributed by atoms with Gasteiger partial charge in [-0.05, 0) is 31.0 Å². The van der Waals surface area contributed by atoms with Crippen molar-refractivity contribution < 1.29 is 4.79 Å². The van der Waals surface area contributed by atoms with Crippen molar-refractivity contribution in [2.45, 2.75) is 20.3 Å². The maximum atomic E-state index is 11.3. The summed E-state index contributed by atoms with van der Waals surface area (Å²) in [4.78, 5) is 11.3. The molecule has 0 amide bonds. The number of Topliss-reactive ketones (excluding diaryl/α,β-unsaturated/α-hetero) is 1. The summed E-state index contributed by atoms with van der Waals surface area (Å²) in [6.45, 7) is 4.25. The minimum atomic E-state index is 0.106. The normalized spacial score (nSPS) is 15.7. The van der Waals surface area contributed by atoms with Crippen LogP contribution in [0.25, 0.3) is 0 Å². The van der Waals surface area contributed by atoms with Gasteiger partial charge in [-0.2, -0.15) is 5.10 Å². The van der Waals surface area contributed by atoms with Crippen molar-refractivity contribution in [2.24, 2.45) is 5.10 Å². The largest absolute Gasteiger partial charge is 0.291 e. The number of nitrogens with zero attached hydrogens (tertiary/aromatic N) is 2. The van der Waals surface area contributed by atoms with Gasteiger partial charge < -0.3 is 0 Å². The van der Waals surface area contributed by atoms with Gasteiger partial charge in [0, 0.05) is 0 Å². The Morgan fingerprint density at radius 1 is 1.33 bits per heavy atom. The number of aryl methyl sites for hydroxylation is 1. The molecule has 3 nitrogen and oxygen atoms in total. The standard InChI is InChI=1S/C12H14N2O/c1-3-10-4-6-11(7-5-10)14-8-12(15)9(2)13-14/h4-7H,3,8H2,1-2H3. The molecule has 1 aromatic rings. The first-order valence-electron chi connectivity index (χ1n) is 5.15. The molecule has 1 aliphatic rings. The van der Waals surface area contributed by atoms with Gasteiger partial charge in [-0.1, -0.05) is 19.1 Å². The smallest absolute Gasteiger partial charge is 0.199 e. The Kier molecular flexibility index (Phi) is 2.54. The third kappa shape index (κ3) is 1.91. The lowest BCUT2D eigenvalue weighted by atomic mass is 10.1. The zero-order chi connectivity index (χ0) is 10.8. The Bertz CT molecular complexity index is 406. The van der Waals surface area contributed by atoms with Gasteiger partial charge >= 0.3 is 0 Å². The van der Waals surface area contributed by atoms with Gasteiger partial charge in [-0.25, -0.2) is 0 Å². The fourth-order valence-corrected chi connectivity index (χ4v) is 1.58. The molecule has 15 heavy (non-hydrogen) atoms. The van der Waals surface area contributed by atoms with Gasteiger partial charge in [0.1, 0.15) is 12.3 Å². The summed E-state index contributed by atoms with van der Waals surface area (Å²) in [7, 11) is 0. The van der Waals surface area contributed by atoms with Gasteiger partial charge in [0.25, 0.3) is 0 Å². The molecule has 1 heterocycles. The molecule has 0 unspecified atom stereocenters. The van der Waals surface area contributed by atoms with E-state index < -0.39 is 0 Å². The predicted molar refractivity (Wildman–Crippen MR) is 61.3 cm³/mol. The highest BCUT2D eigenvalue weighted by atomic mass is 16.1. The van der Waals surface area contributed by atoms with Crippen LogP contribution in [0.2, 0.25) is 0 Å². The Morgan fingerprint density at radius 3 is 2.47 bits per heavy atom. The highest BCUT2D eigenvalue weighted by Crippen LogP contribution is 2.18. The molecule has 0 spiro atoms. The van der Waals surface area contributed by atoms with E-state index in [-0.39, 0.29) is 5.78 Å². The van der Waals surface area contributed by atoms with Crippen molar-refractivity contribution >= 4 is 17.2 Å². The van der Waals surface area contributed by atoms with Gasteiger partial charge in [0.2, 0.25) is 0 Å². The predicted octanol–water partition coefficient (Wildman–Crippen LogP) is 2.01. The van der Waals surface area contributed by atoms with Crippen LogP contribution in [0.1, 0.15) is 19.4 Å². The van der Waals surface area contributed by atoms with Crippen molar-refractivity contribution in [3.05, 3.63) is 29.8 Å². The molecule has 0 radical (unpaired) electrons. The Morgan fingerprint density at radius 2 is 2.00 bits per heavy atom. The van der Waals surface area contributed by atoms with Crippen molar-refractivity contribution in [3.63, 3.8) is 0 Å². The summed E-state index contributed by atoms with van der Waals surface area (Å²) in [6, 6.07) is 8.16. The number of ketones is 1. The van der Waals surface area contributed by atoms with Crippen LogP contribution in [0, 0.1) is 0 Å². The number of carbonyl (C=O) groups excluding carboxylic acids is 1. The summed E-state index contributed by atoms with van der Waals surface area (Å²) in [5.41, 5.74) is 2.87. The molecule has 78 valence electrons. The monoisotopic (exact) mass is 202 g/mol. The average molecular weight is 202 g/mol. The summed E-state index contributed by atoms with van der Waals surface area (Å²) in [6.07, 6.45) is 1.03. The van der Waals surface area contributed by atoms with Crippen LogP contribution in [-0.2, 0) is 11.2 Å². The molecule has 0 atom stereocenters. The highest BCUT2D eigenvalue weighted by Gasteiger charge is 2.20. The summed E-state index contributed by atoms with van der Waals surface area (Å²) >= 11 is 0. The van der Waals surface area contributed by atoms with Crippen molar-refractivity contribution in [1.82, 2.24) is 0 Å². The first kappa shape index (κ1) is 9.90. The lowest BCUT2D eigenvalue weighted by molar-refractivity contribution is -0.111. The molecule has 0 bridgehead atoms. The number of hydrogen-bond donors (Lipinski definition) is 0. The van der Waals surface area contributed by atoms with E-state index in [4.69, 9.17) is 0 Å². The number of benzene rings is 1. The van der Waals surface area contributed by atoms with Gasteiger partial charge in [-0.15, -0.1) is 0 Å². The lowest BCUT2D eigenvalue weighted by Gasteiger charge is -2.12. The summed E-state index contributed by atoms with van der Waals surface area (Å²) in [5, 5.41) is 5.94. The highest BCUT2D eigenvalue weighted by molar-refractivity contribution is 6.42. The van der Waals surface area contributed by atoms with E-state index in [1.807, 2.05) is 12.1 Å². The first-order valence-corrected chi connectivity index (χ1v) is 5.15. The van der Waals surface area contributed by atoms with Crippen LogP contribution >= 0.6 is 0 Å². The summed E-state index contributed by atoms with van der Waals surface area (Å²) in [5.74, 6) is 0.106. The summed E-state index contributed by atoms with van der Waals surface area (Å²) < 4.78 is 0. The van der Waals surface area contributed by atoms with Crippen molar-refractivity contribution in [3.8, 4) is 0 Å². The van der Waals surface area contributed by atoms with Crippen LogP contribution in [-0.4, -0.2) is 18.0 Å². The fraction of sp³-hybridized carbons (Fsp3) is 0.333. The number of rotatable bonds is 2. The molecule has 1 aromatic carbocycles. The molecule has 0 aliphatic carbocycles. The third-order valence-corrected chi connectivity index (χ3v) is 2.61. The van der Waals surface area contributed by atoms with Crippen LogP contribution in [0.3, 0.4) is 0 Å². The zero-order valence-corrected chi connectivity index (χ0v) is 9.03. The Balaban J connectivity index is 2.21. The topological polar surface area (TPSA) is 32.7 Å². The number of hydrazone groups is 1. The SMILES string of the molecule is CCc1ccc(N2CC(=O)C(C)=N2)cc1. The third-order valence-electron chi connectivity index (χ3n) is 2.61. The van der Waals surface area contributed by atoms with E-state index in [9.17, 15) is 4.79 Å². The molecule has 0 saturated heterocycles.